The Morgan fingerprint density at radius 3 is 2.67 bits per heavy atom. The lowest BCUT2D eigenvalue weighted by molar-refractivity contribution is -0.115. The van der Waals surface area contributed by atoms with Gasteiger partial charge in [0.05, 0.1) is 11.0 Å². The predicted molar refractivity (Wildman–Crippen MR) is 91.5 cm³/mol. The fourth-order valence-corrected chi connectivity index (χ4v) is 2.46. The van der Waals surface area contributed by atoms with Gasteiger partial charge in [0.15, 0.2) is 4.67 Å². The lowest BCUT2D eigenvalue weighted by atomic mass is 10.1. The van der Waals surface area contributed by atoms with Crippen LogP contribution in [0.15, 0.2) is 37.8 Å². The van der Waals surface area contributed by atoms with Crippen molar-refractivity contribution >= 4 is 49.1 Å². The number of anilines is 2. The number of halogens is 2. The van der Waals surface area contributed by atoms with E-state index in [-0.39, 0.29) is 5.91 Å². The van der Waals surface area contributed by atoms with Crippen molar-refractivity contribution in [1.82, 2.24) is 0 Å². The molecule has 0 spiro atoms. The van der Waals surface area contributed by atoms with Crippen LogP contribution in [0, 0.1) is 6.92 Å². The molecule has 2 rings (SSSR count). The zero-order valence-electron chi connectivity index (χ0n) is 11.8. The maximum atomic E-state index is 11.4. The number of nitrogens with one attached hydrogen (secondary N) is 2. The summed E-state index contributed by atoms with van der Waals surface area (Å²) < 4.78 is 7.10. The number of benzene rings is 1. The standard InChI is InChI=1S/C15H16Br2N2O2/c1-3-14(20)19-10-5-4-9(2)13(6-10)18-8-11-7-12(16)15(17)21-11/h4-7,18H,3,8H2,1-2H3,(H,19,20). The van der Waals surface area contributed by atoms with Crippen LogP contribution in [-0.2, 0) is 11.3 Å². The van der Waals surface area contributed by atoms with Gasteiger partial charge in [0, 0.05) is 17.8 Å². The normalized spacial score (nSPS) is 10.5. The molecule has 2 N–H and O–H groups in total. The van der Waals surface area contributed by atoms with Crippen molar-refractivity contribution in [3.8, 4) is 0 Å². The quantitative estimate of drug-likeness (QED) is 0.716. The Hall–Kier alpha value is -1.27. The second-order valence-electron chi connectivity index (χ2n) is 4.62. The van der Waals surface area contributed by atoms with E-state index in [1.807, 2.05) is 38.1 Å². The van der Waals surface area contributed by atoms with Gasteiger partial charge >= 0.3 is 0 Å². The van der Waals surface area contributed by atoms with Crippen LogP contribution in [0.5, 0.6) is 0 Å². The van der Waals surface area contributed by atoms with Crippen molar-refractivity contribution < 1.29 is 9.21 Å². The van der Waals surface area contributed by atoms with Gasteiger partial charge in [0.25, 0.3) is 0 Å². The van der Waals surface area contributed by atoms with E-state index in [0.29, 0.717) is 17.6 Å². The molecule has 0 saturated carbocycles. The molecule has 0 unspecified atom stereocenters. The molecule has 0 radical (unpaired) electrons. The molecule has 2 aromatic rings. The summed E-state index contributed by atoms with van der Waals surface area (Å²) in [5, 5.41) is 6.17. The maximum absolute atomic E-state index is 11.4. The minimum atomic E-state index is 0.00342. The Bertz CT molecular complexity index is 634. The van der Waals surface area contributed by atoms with Crippen LogP contribution in [0.25, 0.3) is 0 Å². The van der Waals surface area contributed by atoms with Gasteiger partial charge in [-0.1, -0.05) is 13.0 Å². The summed E-state index contributed by atoms with van der Waals surface area (Å²) in [4.78, 5) is 11.4. The van der Waals surface area contributed by atoms with E-state index >= 15 is 0 Å². The molecule has 1 heterocycles. The zero-order valence-corrected chi connectivity index (χ0v) is 15.0. The summed E-state index contributed by atoms with van der Waals surface area (Å²) in [6.07, 6.45) is 0.463. The lowest BCUT2D eigenvalue weighted by Gasteiger charge is -2.11. The molecule has 0 aliphatic heterocycles. The van der Waals surface area contributed by atoms with E-state index in [2.05, 4.69) is 42.5 Å². The summed E-state index contributed by atoms with van der Waals surface area (Å²) in [5.41, 5.74) is 2.86. The first-order valence-electron chi connectivity index (χ1n) is 6.57. The van der Waals surface area contributed by atoms with Gasteiger partial charge in [-0.3, -0.25) is 4.79 Å². The van der Waals surface area contributed by atoms with Crippen LogP contribution in [0.3, 0.4) is 0 Å². The van der Waals surface area contributed by atoms with Gasteiger partial charge in [-0.05, 0) is 62.5 Å². The topological polar surface area (TPSA) is 54.3 Å². The SMILES string of the molecule is CCC(=O)Nc1ccc(C)c(NCc2cc(Br)c(Br)o2)c1. The van der Waals surface area contributed by atoms with Gasteiger partial charge in [-0.2, -0.15) is 0 Å². The Morgan fingerprint density at radius 2 is 2.05 bits per heavy atom. The average Bonchev–Trinajstić information content (AvgIpc) is 2.78. The van der Waals surface area contributed by atoms with E-state index in [1.54, 1.807) is 0 Å². The minimum absolute atomic E-state index is 0.00342. The highest BCUT2D eigenvalue weighted by Gasteiger charge is 2.07. The molecule has 1 aromatic carbocycles. The molecule has 0 fully saturated rings. The van der Waals surface area contributed by atoms with Crippen LogP contribution in [-0.4, -0.2) is 5.91 Å². The number of hydrogen-bond donors (Lipinski definition) is 2. The summed E-state index contributed by atoms with van der Waals surface area (Å²) in [6.45, 7) is 4.41. The molecule has 1 amide bonds. The fourth-order valence-electron chi connectivity index (χ4n) is 1.80. The van der Waals surface area contributed by atoms with E-state index in [0.717, 1.165) is 27.2 Å². The number of amides is 1. The van der Waals surface area contributed by atoms with Crippen LogP contribution in [0.1, 0.15) is 24.7 Å². The Morgan fingerprint density at radius 1 is 1.29 bits per heavy atom. The summed E-state index contributed by atoms with van der Waals surface area (Å²) in [5.74, 6) is 0.819. The smallest absolute Gasteiger partial charge is 0.224 e. The zero-order chi connectivity index (χ0) is 15.4. The van der Waals surface area contributed by atoms with Crippen LogP contribution < -0.4 is 10.6 Å². The highest BCUT2D eigenvalue weighted by atomic mass is 79.9. The number of carbonyl (C=O) groups excluding carboxylic acids is 1. The number of hydrogen-bond acceptors (Lipinski definition) is 3. The second-order valence-corrected chi connectivity index (χ2v) is 6.19. The Kier molecular flexibility index (Phi) is 5.47. The Balaban J connectivity index is 2.08. The van der Waals surface area contributed by atoms with Gasteiger partial charge in [-0.15, -0.1) is 0 Å². The lowest BCUT2D eigenvalue weighted by Crippen LogP contribution is -2.10. The van der Waals surface area contributed by atoms with Crippen LogP contribution in [0.4, 0.5) is 11.4 Å². The van der Waals surface area contributed by atoms with E-state index in [1.165, 1.54) is 0 Å². The van der Waals surface area contributed by atoms with Gasteiger partial charge in [0.1, 0.15) is 5.76 Å². The fraction of sp³-hybridized carbons (Fsp3) is 0.267. The summed E-state index contributed by atoms with van der Waals surface area (Å²) in [7, 11) is 0. The molecule has 1 aromatic heterocycles. The predicted octanol–water partition coefficient (Wildman–Crippen LogP) is 5.07. The first-order valence-corrected chi connectivity index (χ1v) is 8.16. The van der Waals surface area contributed by atoms with E-state index in [4.69, 9.17) is 4.42 Å². The number of furan rings is 1. The number of aryl methyl sites for hydroxylation is 1. The molecule has 21 heavy (non-hydrogen) atoms. The Labute approximate surface area is 140 Å². The summed E-state index contributed by atoms with van der Waals surface area (Å²) >= 11 is 6.70. The number of carbonyl (C=O) groups is 1. The van der Waals surface area contributed by atoms with Gasteiger partial charge in [0.2, 0.25) is 5.91 Å². The first kappa shape index (κ1) is 16.1. The summed E-state index contributed by atoms with van der Waals surface area (Å²) in [6, 6.07) is 7.71. The number of rotatable bonds is 5. The molecule has 0 atom stereocenters. The van der Waals surface area contributed by atoms with Crippen LogP contribution >= 0.6 is 31.9 Å². The third-order valence-electron chi connectivity index (χ3n) is 2.99. The minimum Gasteiger partial charge on any atom is -0.451 e. The van der Waals surface area contributed by atoms with Crippen molar-refractivity contribution in [3.63, 3.8) is 0 Å². The molecule has 6 heteroatoms. The third kappa shape index (κ3) is 4.35. The molecule has 0 aliphatic rings. The molecular weight excluding hydrogens is 400 g/mol. The molecule has 0 aliphatic carbocycles. The monoisotopic (exact) mass is 414 g/mol. The second kappa shape index (κ2) is 7.13. The van der Waals surface area contributed by atoms with Gasteiger partial charge < -0.3 is 15.1 Å². The molecule has 112 valence electrons. The van der Waals surface area contributed by atoms with E-state index in [9.17, 15) is 4.79 Å². The van der Waals surface area contributed by atoms with Gasteiger partial charge in [-0.25, -0.2) is 0 Å². The van der Waals surface area contributed by atoms with Crippen LogP contribution in [0.2, 0.25) is 0 Å². The molecule has 0 bridgehead atoms. The van der Waals surface area contributed by atoms with Crippen molar-refractivity contribution in [3.05, 3.63) is 44.7 Å². The molecule has 4 nitrogen and oxygen atoms in total. The third-order valence-corrected chi connectivity index (χ3v) is 4.70. The maximum Gasteiger partial charge on any atom is 0.224 e. The molecular formula is C15H16Br2N2O2. The largest absolute Gasteiger partial charge is 0.451 e. The van der Waals surface area contributed by atoms with Crippen molar-refractivity contribution in [2.75, 3.05) is 10.6 Å². The highest BCUT2D eigenvalue weighted by Crippen LogP contribution is 2.28. The highest BCUT2D eigenvalue weighted by molar-refractivity contribution is 9.13. The van der Waals surface area contributed by atoms with Crippen molar-refractivity contribution in [1.29, 1.82) is 0 Å². The van der Waals surface area contributed by atoms with Crippen molar-refractivity contribution in [2.24, 2.45) is 0 Å². The first-order chi connectivity index (χ1) is 9.99. The average molecular weight is 416 g/mol. The van der Waals surface area contributed by atoms with Crippen molar-refractivity contribution in [2.45, 2.75) is 26.8 Å². The molecule has 0 saturated heterocycles. The van der Waals surface area contributed by atoms with E-state index < -0.39 is 0 Å².